The predicted molar refractivity (Wildman–Crippen MR) is 249 cm³/mol. The molecule has 8 atom stereocenters. The molecule has 2 heterocycles. The molecule has 7 amide bonds. The summed E-state index contributed by atoms with van der Waals surface area (Å²) < 4.78 is 0. The van der Waals surface area contributed by atoms with Crippen LogP contribution in [-0.4, -0.2) is 153 Å². The lowest BCUT2D eigenvalue weighted by molar-refractivity contribution is -0.149. The average Bonchev–Trinajstić information content (AvgIpc) is 4.00. The minimum Gasteiger partial charge on any atom is -0.508 e. The predicted octanol–water partition coefficient (Wildman–Crippen LogP) is -1.89. The Morgan fingerprint density at radius 1 is 0.735 bits per heavy atom. The number of aliphatic hydroxyl groups is 1. The molecule has 22 heteroatoms. The molecule has 8 unspecified atom stereocenters. The van der Waals surface area contributed by atoms with E-state index in [1.165, 1.54) is 41.0 Å². The molecule has 2 aromatic carbocycles. The van der Waals surface area contributed by atoms with Crippen molar-refractivity contribution in [3.8, 4) is 5.75 Å². The van der Waals surface area contributed by atoms with E-state index in [2.05, 4.69) is 31.6 Å². The van der Waals surface area contributed by atoms with Gasteiger partial charge in [0.2, 0.25) is 41.4 Å². The van der Waals surface area contributed by atoms with Gasteiger partial charge in [0, 0.05) is 26.1 Å². The van der Waals surface area contributed by atoms with Crippen molar-refractivity contribution in [1.82, 2.24) is 36.4 Å². The number of aliphatic carboxylic acids is 1. The maximum Gasteiger partial charge on any atom is 0.326 e. The van der Waals surface area contributed by atoms with Crippen molar-refractivity contribution in [3.63, 3.8) is 0 Å². The first-order valence-corrected chi connectivity index (χ1v) is 22.9. The van der Waals surface area contributed by atoms with Gasteiger partial charge in [-0.2, -0.15) is 0 Å². The number of carbonyl (C=O) groups is 8. The fraction of sp³-hybridized carbons (Fsp3) is 0.543. The molecule has 4 rings (SSSR count). The second-order valence-electron chi connectivity index (χ2n) is 17.6. The number of phenolic OH excluding ortho intramolecular Hbond substituents is 1. The summed E-state index contributed by atoms with van der Waals surface area (Å²) in [4.78, 5) is 114. The van der Waals surface area contributed by atoms with Gasteiger partial charge in [-0.3, -0.25) is 38.6 Å². The molecule has 0 aromatic heterocycles. The average molecular weight is 950 g/mol. The van der Waals surface area contributed by atoms with Gasteiger partial charge >= 0.3 is 5.97 Å². The zero-order valence-corrected chi connectivity index (χ0v) is 38.8. The molecule has 14 N–H and O–H groups in total. The van der Waals surface area contributed by atoms with Crippen LogP contribution in [0.4, 0.5) is 0 Å². The monoisotopic (exact) mass is 950 g/mol. The molecule has 2 aromatic rings. The number of carbonyl (C=O) groups excluding carboxylic acids is 7. The van der Waals surface area contributed by atoms with Gasteiger partial charge in [0.05, 0.1) is 18.7 Å². The number of phenols is 1. The summed E-state index contributed by atoms with van der Waals surface area (Å²) in [5, 5.41) is 43.3. The Morgan fingerprint density at radius 3 is 1.94 bits per heavy atom. The number of hydrogen-bond acceptors (Lipinski definition) is 12. The second-order valence-corrected chi connectivity index (χ2v) is 17.6. The van der Waals surface area contributed by atoms with Crippen LogP contribution in [0.25, 0.3) is 0 Å². The molecule has 68 heavy (non-hydrogen) atoms. The Labute approximate surface area is 395 Å². The van der Waals surface area contributed by atoms with Gasteiger partial charge in [0.1, 0.15) is 42.0 Å². The fourth-order valence-corrected chi connectivity index (χ4v) is 8.22. The molecule has 22 nitrogen and oxygen atoms in total. The molecule has 2 saturated heterocycles. The SMILES string of the molecule is CC(C)CC(NC(=O)C(Cc1ccc(O)cc1)NC(=O)C(NC(=O)C1CCCN1C(=O)C(N)Cc1ccccc1)C(C)O)C(=O)NCC(=O)NC(CCCN=C(N)N)C(=O)N1CCCC1C(=O)O. The fourth-order valence-electron chi connectivity index (χ4n) is 8.22. The number of nitrogens with two attached hydrogens (primary N) is 3. The number of aliphatic imine (C=N–C) groups is 1. The first kappa shape index (κ1) is 53.8. The number of hydrogen-bond donors (Lipinski definition) is 11. The standard InChI is InChI=1S/C46H67N11O11/c1-26(2)22-33(39(61)51-25-37(60)52-32(12-7-19-50-46(48)49)44(66)57-21-9-14-36(57)45(67)68)53-40(62)34(24-29-15-17-30(59)18-16-29)54-42(64)38(27(3)58)55-41(63)35-13-8-20-56(35)43(65)31(47)23-28-10-5-4-6-11-28/h4-6,10-11,15-18,26-27,31-36,38,58-59H,7-9,12-14,19-25,47H2,1-3H3,(H,51,61)(H,52,60)(H,53,62)(H,54,64)(H,55,63)(H,67,68)(H4,48,49,50). The van der Waals surface area contributed by atoms with E-state index in [9.17, 15) is 53.7 Å². The lowest BCUT2D eigenvalue weighted by Gasteiger charge is -2.30. The van der Waals surface area contributed by atoms with E-state index in [4.69, 9.17) is 17.2 Å². The lowest BCUT2D eigenvalue weighted by Crippen LogP contribution is -2.61. The molecule has 0 bridgehead atoms. The maximum atomic E-state index is 14.2. The minimum atomic E-state index is -1.59. The number of aliphatic hydroxyl groups excluding tert-OH is 1. The highest BCUT2D eigenvalue weighted by atomic mass is 16.4. The Bertz CT molecular complexity index is 2100. The number of rotatable bonds is 24. The van der Waals surface area contributed by atoms with E-state index in [1.54, 1.807) is 13.8 Å². The maximum absolute atomic E-state index is 14.2. The van der Waals surface area contributed by atoms with Gasteiger partial charge in [-0.1, -0.05) is 56.3 Å². The number of nitrogens with one attached hydrogen (secondary N) is 5. The van der Waals surface area contributed by atoms with E-state index in [-0.39, 0.29) is 82.2 Å². The van der Waals surface area contributed by atoms with Crippen molar-refractivity contribution in [2.24, 2.45) is 28.1 Å². The third-order valence-electron chi connectivity index (χ3n) is 11.7. The lowest BCUT2D eigenvalue weighted by atomic mass is 10.0. The van der Waals surface area contributed by atoms with Crippen molar-refractivity contribution < 1.29 is 53.7 Å². The number of carboxylic acids is 1. The van der Waals surface area contributed by atoms with Crippen molar-refractivity contribution in [3.05, 3.63) is 65.7 Å². The van der Waals surface area contributed by atoms with E-state index >= 15 is 0 Å². The smallest absolute Gasteiger partial charge is 0.326 e. The number of likely N-dealkylation sites (tertiary alicyclic amines) is 2. The molecule has 0 saturated carbocycles. The summed E-state index contributed by atoms with van der Waals surface area (Å²) >= 11 is 0. The van der Waals surface area contributed by atoms with E-state index in [0.717, 1.165) is 5.56 Å². The molecular weight excluding hydrogens is 883 g/mol. The Kier molecular flexibility index (Phi) is 20.5. The Morgan fingerprint density at radius 2 is 1.34 bits per heavy atom. The first-order chi connectivity index (χ1) is 32.2. The van der Waals surface area contributed by atoms with Gasteiger partial charge in [0.25, 0.3) is 0 Å². The Hall–Kier alpha value is -6.81. The van der Waals surface area contributed by atoms with E-state index < -0.39 is 102 Å². The van der Waals surface area contributed by atoms with Crippen molar-refractivity contribution in [1.29, 1.82) is 0 Å². The van der Waals surface area contributed by atoms with Crippen molar-refractivity contribution >= 4 is 53.3 Å². The molecular formula is C46H67N11O11. The number of aromatic hydroxyl groups is 1. The topological polar surface area (TPSA) is 354 Å². The van der Waals surface area contributed by atoms with Gasteiger partial charge in [-0.05, 0) is 87.5 Å². The molecule has 0 radical (unpaired) electrons. The van der Waals surface area contributed by atoms with Crippen LogP contribution in [0.1, 0.15) is 76.8 Å². The van der Waals surface area contributed by atoms with Crippen LogP contribution in [0.3, 0.4) is 0 Å². The van der Waals surface area contributed by atoms with Crippen LogP contribution < -0.4 is 43.8 Å². The summed E-state index contributed by atoms with van der Waals surface area (Å²) in [5.41, 5.74) is 18.4. The Balaban J connectivity index is 1.46. The van der Waals surface area contributed by atoms with Crippen LogP contribution in [0.2, 0.25) is 0 Å². The van der Waals surface area contributed by atoms with Crippen LogP contribution in [0, 0.1) is 5.92 Å². The number of guanidine groups is 1. The molecule has 372 valence electrons. The van der Waals surface area contributed by atoms with Crippen LogP contribution >= 0.6 is 0 Å². The zero-order chi connectivity index (χ0) is 50.1. The number of benzene rings is 2. The normalized spacial score (nSPS) is 18.3. The number of carboxylic acid groups (broad SMARTS) is 1. The van der Waals surface area contributed by atoms with Crippen LogP contribution in [0.5, 0.6) is 5.75 Å². The third-order valence-corrected chi connectivity index (χ3v) is 11.7. The third kappa shape index (κ3) is 16.2. The highest BCUT2D eigenvalue weighted by Crippen LogP contribution is 2.21. The van der Waals surface area contributed by atoms with Gasteiger partial charge in [-0.25, -0.2) is 4.79 Å². The van der Waals surface area contributed by atoms with Gasteiger partial charge < -0.3 is 68.9 Å². The molecule has 0 aliphatic carbocycles. The summed E-state index contributed by atoms with van der Waals surface area (Å²) in [5.74, 6) is -6.67. The second kappa shape index (κ2) is 25.9. The van der Waals surface area contributed by atoms with Crippen LogP contribution in [-0.2, 0) is 51.2 Å². The van der Waals surface area contributed by atoms with Gasteiger partial charge in [-0.15, -0.1) is 0 Å². The quantitative estimate of drug-likeness (QED) is 0.0312. The minimum absolute atomic E-state index is 0.0561. The van der Waals surface area contributed by atoms with Crippen molar-refractivity contribution in [2.45, 2.75) is 127 Å². The molecule has 2 aliphatic rings. The largest absolute Gasteiger partial charge is 0.508 e. The summed E-state index contributed by atoms with van der Waals surface area (Å²) in [6, 6.07) is 6.56. The molecule has 2 fully saturated rings. The highest BCUT2D eigenvalue weighted by molar-refractivity contribution is 5.97. The summed E-state index contributed by atoms with van der Waals surface area (Å²) in [6.07, 6.45) is 0.472. The highest BCUT2D eigenvalue weighted by Gasteiger charge is 2.40. The zero-order valence-electron chi connectivity index (χ0n) is 38.8. The van der Waals surface area contributed by atoms with Crippen molar-refractivity contribution in [2.75, 3.05) is 26.2 Å². The van der Waals surface area contributed by atoms with E-state index in [1.807, 2.05) is 30.3 Å². The summed E-state index contributed by atoms with van der Waals surface area (Å²) in [6.45, 7) is 4.80. The van der Waals surface area contributed by atoms with Gasteiger partial charge in [0.15, 0.2) is 5.96 Å². The van der Waals surface area contributed by atoms with E-state index in [0.29, 0.717) is 18.4 Å². The first-order valence-electron chi connectivity index (χ1n) is 22.9. The molecule has 2 aliphatic heterocycles. The summed E-state index contributed by atoms with van der Waals surface area (Å²) in [7, 11) is 0. The molecule has 0 spiro atoms. The number of nitrogens with zero attached hydrogens (tertiary/aromatic N) is 3. The van der Waals surface area contributed by atoms with Crippen LogP contribution in [0.15, 0.2) is 59.6 Å². The number of amides is 7.